The van der Waals surface area contributed by atoms with Gasteiger partial charge in [0.25, 0.3) is 0 Å². The number of guanidine groups is 1. The number of aromatic nitrogens is 1. The zero-order valence-corrected chi connectivity index (χ0v) is 16.5. The molecule has 2 aromatic carbocycles. The average Bonchev–Trinajstić information content (AvgIpc) is 3.13. The van der Waals surface area contributed by atoms with Crippen LogP contribution >= 0.6 is 0 Å². The highest BCUT2D eigenvalue weighted by molar-refractivity contribution is 5.97. The van der Waals surface area contributed by atoms with Gasteiger partial charge in [-0.2, -0.15) is 0 Å². The summed E-state index contributed by atoms with van der Waals surface area (Å²) in [5.74, 6) is 0.829. The maximum atomic E-state index is 12.5. The van der Waals surface area contributed by atoms with Crippen LogP contribution in [-0.4, -0.2) is 36.0 Å². The highest BCUT2D eigenvalue weighted by atomic mass is 16.2. The van der Waals surface area contributed by atoms with Crippen LogP contribution in [0.15, 0.2) is 71.9 Å². The van der Waals surface area contributed by atoms with E-state index in [2.05, 4.69) is 27.8 Å². The Labute approximate surface area is 170 Å². The number of hydrogen-bond acceptors (Lipinski definition) is 3. The van der Waals surface area contributed by atoms with Crippen molar-refractivity contribution in [2.75, 3.05) is 18.0 Å². The fourth-order valence-electron chi connectivity index (χ4n) is 3.64. The van der Waals surface area contributed by atoms with Crippen LogP contribution in [0.1, 0.15) is 19.0 Å². The number of anilines is 1. The monoisotopic (exact) mass is 387 g/mol. The fraction of sp³-hybridized carbons (Fsp3) is 0.261. The van der Waals surface area contributed by atoms with E-state index in [1.165, 1.54) is 0 Å². The minimum Gasteiger partial charge on any atom is -0.357 e. The summed E-state index contributed by atoms with van der Waals surface area (Å²) in [6.45, 7) is 3.88. The van der Waals surface area contributed by atoms with Gasteiger partial charge in [0.05, 0.1) is 18.3 Å². The zero-order valence-electron chi connectivity index (χ0n) is 16.5. The van der Waals surface area contributed by atoms with Crippen LogP contribution in [0.5, 0.6) is 0 Å². The van der Waals surface area contributed by atoms with Gasteiger partial charge in [-0.1, -0.05) is 42.5 Å². The van der Waals surface area contributed by atoms with Gasteiger partial charge in [-0.05, 0) is 30.5 Å². The number of nitrogens with one attached hydrogen (secondary N) is 2. The van der Waals surface area contributed by atoms with Gasteiger partial charge in [0.1, 0.15) is 0 Å². The lowest BCUT2D eigenvalue weighted by atomic mass is 10.1. The second-order valence-corrected chi connectivity index (χ2v) is 7.06. The third-order valence-electron chi connectivity index (χ3n) is 5.02. The summed E-state index contributed by atoms with van der Waals surface area (Å²) in [4.78, 5) is 23.5. The summed E-state index contributed by atoms with van der Waals surface area (Å²) >= 11 is 0. The summed E-state index contributed by atoms with van der Waals surface area (Å²) in [6, 6.07) is 20.0. The minimum atomic E-state index is 0.0148. The molecule has 0 saturated carbocycles. The summed E-state index contributed by atoms with van der Waals surface area (Å²) in [5.41, 5.74) is 1.87. The van der Waals surface area contributed by atoms with E-state index >= 15 is 0 Å². The lowest BCUT2D eigenvalue weighted by Gasteiger charge is -2.19. The van der Waals surface area contributed by atoms with Gasteiger partial charge >= 0.3 is 0 Å². The van der Waals surface area contributed by atoms with Crippen molar-refractivity contribution in [3.63, 3.8) is 0 Å². The van der Waals surface area contributed by atoms with Crippen molar-refractivity contribution in [1.29, 1.82) is 0 Å². The van der Waals surface area contributed by atoms with E-state index in [-0.39, 0.29) is 11.9 Å². The SMILES string of the molecule is CCNC(=NCc1nccc2ccccc12)NC1CC(=O)N(c2ccccc2)C1. The molecule has 0 spiro atoms. The molecule has 3 aromatic rings. The molecule has 0 bridgehead atoms. The van der Waals surface area contributed by atoms with Crippen LogP contribution in [0.4, 0.5) is 5.69 Å². The Balaban J connectivity index is 1.47. The second-order valence-electron chi connectivity index (χ2n) is 7.06. The van der Waals surface area contributed by atoms with Crippen molar-refractivity contribution in [2.45, 2.75) is 25.9 Å². The number of rotatable bonds is 5. The molecule has 4 rings (SSSR count). The number of para-hydroxylation sites is 1. The van der Waals surface area contributed by atoms with E-state index < -0.39 is 0 Å². The predicted molar refractivity (Wildman–Crippen MR) is 117 cm³/mol. The molecule has 0 aliphatic carbocycles. The summed E-state index contributed by atoms with van der Waals surface area (Å²) in [6.07, 6.45) is 2.27. The maximum absolute atomic E-state index is 12.5. The molecule has 6 nitrogen and oxygen atoms in total. The average molecular weight is 387 g/mol. The van der Waals surface area contributed by atoms with E-state index in [0.29, 0.717) is 25.5 Å². The number of benzene rings is 2. The number of pyridine rings is 1. The molecule has 1 unspecified atom stereocenters. The van der Waals surface area contributed by atoms with Gasteiger partial charge in [-0.15, -0.1) is 0 Å². The summed E-state index contributed by atoms with van der Waals surface area (Å²) in [5, 5.41) is 8.96. The van der Waals surface area contributed by atoms with Gasteiger partial charge in [0, 0.05) is 36.8 Å². The van der Waals surface area contributed by atoms with E-state index in [0.717, 1.165) is 28.7 Å². The van der Waals surface area contributed by atoms with E-state index in [1.807, 2.05) is 66.6 Å². The highest BCUT2D eigenvalue weighted by Crippen LogP contribution is 2.21. The van der Waals surface area contributed by atoms with Crippen molar-refractivity contribution in [1.82, 2.24) is 15.6 Å². The van der Waals surface area contributed by atoms with Crippen LogP contribution in [0, 0.1) is 0 Å². The molecule has 1 amide bonds. The molecule has 29 heavy (non-hydrogen) atoms. The quantitative estimate of drug-likeness (QED) is 0.521. The lowest BCUT2D eigenvalue weighted by molar-refractivity contribution is -0.117. The first kappa shape index (κ1) is 18.9. The van der Waals surface area contributed by atoms with Gasteiger partial charge < -0.3 is 15.5 Å². The van der Waals surface area contributed by atoms with Crippen molar-refractivity contribution < 1.29 is 4.79 Å². The number of hydrogen-bond donors (Lipinski definition) is 2. The number of amides is 1. The van der Waals surface area contributed by atoms with Crippen molar-refractivity contribution in [3.05, 3.63) is 72.6 Å². The van der Waals surface area contributed by atoms with E-state index in [1.54, 1.807) is 0 Å². The zero-order chi connectivity index (χ0) is 20.1. The van der Waals surface area contributed by atoms with Crippen molar-refractivity contribution >= 4 is 28.3 Å². The highest BCUT2D eigenvalue weighted by Gasteiger charge is 2.31. The molecule has 1 fully saturated rings. The van der Waals surface area contributed by atoms with E-state index in [9.17, 15) is 4.79 Å². The van der Waals surface area contributed by atoms with E-state index in [4.69, 9.17) is 4.99 Å². The molecule has 1 aromatic heterocycles. The Hall–Kier alpha value is -3.41. The largest absolute Gasteiger partial charge is 0.357 e. The molecule has 6 heteroatoms. The summed E-state index contributed by atoms with van der Waals surface area (Å²) < 4.78 is 0. The Bertz CT molecular complexity index is 1010. The third kappa shape index (κ3) is 4.37. The Morgan fingerprint density at radius 1 is 1.14 bits per heavy atom. The molecule has 1 aliphatic rings. The normalized spacial score (nSPS) is 17.0. The molecular formula is C23H25N5O. The second kappa shape index (κ2) is 8.73. The molecule has 1 saturated heterocycles. The van der Waals surface area contributed by atoms with Crippen LogP contribution in [-0.2, 0) is 11.3 Å². The van der Waals surface area contributed by atoms with Crippen molar-refractivity contribution in [2.24, 2.45) is 4.99 Å². The smallest absolute Gasteiger partial charge is 0.229 e. The minimum absolute atomic E-state index is 0.0148. The van der Waals surface area contributed by atoms with Gasteiger partial charge in [-0.3, -0.25) is 9.78 Å². The number of nitrogens with zero attached hydrogens (tertiary/aromatic N) is 3. The molecule has 2 heterocycles. The van der Waals surface area contributed by atoms with Gasteiger partial charge in [0.15, 0.2) is 5.96 Å². The first-order chi connectivity index (χ1) is 14.2. The number of carbonyl (C=O) groups excluding carboxylic acids is 1. The molecule has 148 valence electrons. The van der Waals surface area contributed by atoms with Crippen LogP contribution in [0.3, 0.4) is 0 Å². The number of fused-ring (bicyclic) bond motifs is 1. The maximum Gasteiger partial charge on any atom is 0.229 e. The number of aliphatic imine (C=N–C) groups is 1. The van der Waals surface area contributed by atoms with Crippen LogP contribution in [0.2, 0.25) is 0 Å². The first-order valence-corrected chi connectivity index (χ1v) is 9.97. The fourth-order valence-corrected chi connectivity index (χ4v) is 3.64. The predicted octanol–water partition coefficient (Wildman–Crippen LogP) is 3.10. The lowest BCUT2D eigenvalue weighted by Crippen LogP contribution is -2.44. The molecular weight excluding hydrogens is 362 g/mol. The number of carbonyl (C=O) groups is 1. The molecule has 1 atom stereocenters. The molecule has 0 radical (unpaired) electrons. The molecule has 2 N–H and O–H groups in total. The van der Waals surface area contributed by atoms with Gasteiger partial charge in [0.2, 0.25) is 5.91 Å². The third-order valence-corrected chi connectivity index (χ3v) is 5.02. The Morgan fingerprint density at radius 2 is 1.93 bits per heavy atom. The van der Waals surface area contributed by atoms with Crippen molar-refractivity contribution in [3.8, 4) is 0 Å². The molecule has 1 aliphatic heterocycles. The standard InChI is InChI=1S/C23H25N5O/c1-2-24-23(26-15-21-20-11-7-6-8-17(20)12-13-25-21)27-18-14-22(29)28(16-18)19-9-4-3-5-10-19/h3-13,18H,2,14-16H2,1H3,(H2,24,26,27). The van der Waals surface area contributed by atoms with Crippen LogP contribution < -0.4 is 15.5 Å². The van der Waals surface area contributed by atoms with Gasteiger partial charge in [-0.25, -0.2) is 4.99 Å². The summed E-state index contributed by atoms with van der Waals surface area (Å²) in [7, 11) is 0. The Kier molecular flexibility index (Phi) is 5.70. The Morgan fingerprint density at radius 3 is 2.76 bits per heavy atom. The first-order valence-electron chi connectivity index (χ1n) is 9.97. The topological polar surface area (TPSA) is 69.6 Å². The van der Waals surface area contributed by atoms with Crippen LogP contribution in [0.25, 0.3) is 10.8 Å².